The summed E-state index contributed by atoms with van der Waals surface area (Å²) in [5, 5.41) is 8.38. The Balaban J connectivity index is 1.11. The number of halogens is 3. The highest BCUT2D eigenvalue weighted by atomic mass is 32.2. The third-order valence-corrected chi connectivity index (χ3v) is 9.33. The van der Waals surface area contributed by atoms with Crippen LogP contribution in [-0.2, 0) is 0 Å². The van der Waals surface area contributed by atoms with Crippen LogP contribution in [0.2, 0.25) is 0 Å². The zero-order valence-corrected chi connectivity index (χ0v) is 27.0. The zero-order valence-electron chi connectivity index (χ0n) is 26.2. The van der Waals surface area contributed by atoms with E-state index in [-0.39, 0.29) is 29.7 Å². The number of hydrogen-bond acceptors (Lipinski definition) is 6. The molecule has 1 aliphatic heterocycles. The summed E-state index contributed by atoms with van der Waals surface area (Å²) in [6.45, 7) is 5.06. The molecule has 0 spiro atoms. The number of hydrogen-bond donors (Lipinski definition) is 1. The van der Waals surface area contributed by atoms with Gasteiger partial charge in [-0.25, -0.2) is 14.5 Å². The standard InChI is InChI=1S/C34H35F3N6O3S/c1-21(2)28-19-26(45-3)15-16-30(28)42-17-18-47-33(42)40-32(44)39-29-6-4-5-27(29)22-7-9-23(10-8-22)31-38-20-43(41-31)24-11-13-25(14-12-24)46-34(35,36)37/h7-16,19-21,27,29H,4-6,17-18H2,1-3H3,(H,39,44). The predicted octanol–water partition coefficient (Wildman–Crippen LogP) is 7.92. The van der Waals surface area contributed by atoms with Crippen LogP contribution in [0.15, 0.2) is 78.0 Å². The minimum atomic E-state index is -4.75. The number of benzene rings is 3. The van der Waals surface area contributed by atoms with E-state index in [0.717, 1.165) is 59.7 Å². The lowest BCUT2D eigenvalue weighted by atomic mass is 9.93. The molecule has 3 aromatic carbocycles. The molecule has 0 radical (unpaired) electrons. The first-order valence-corrected chi connectivity index (χ1v) is 16.4. The van der Waals surface area contributed by atoms with Crippen molar-refractivity contribution in [3.05, 3.63) is 84.2 Å². The summed E-state index contributed by atoms with van der Waals surface area (Å²) in [5.74, 6) is 2.26. The van der Waals surface area contributed by atoms with Crippen molar-refractivity contribution in [3.8, 4) is 28.6 Å². The summed E-state index contributed by atoms with van der Waals surface area (Å²) in [6, 6.07) is 19.0. The van der Waals surface area contributed by atoms with Crippen LogP contribution < -0.4 is 19.7 Å². The number of amides is 2. The molecule has 2 heterocycles. The van der Waals surface area contributed by atoms with E-state index in [4.69, 9.17) is 4.74 Å². The molecule has 2 atom stereocenters. The van der Waals surface area contributed by atoms with Gasteiger partial charge >= 0.3 is 12.4 Å². The smallest absolute Gasteiger partial charge is 0.497 e. The van der Waals surface area contributed by atoms with Gasteiger partial charge in [-0.1, -0.05) is 56.3 Å². The number of methoxy groups -OCH3 is 1. The van der Waals surface area contributed by atoms with Gasteiger partial charge < -0.3 is 19.7 Å². The predicted molar refractivity (Wildman–Crippen MR) is 177 cm³/mol. The van der Waals surface area contributed by atoms with Gasteiger partial charge in [0, 0.05) is 35.5 Å². The molecule has 47 heavy (non-hydrogen) atoms. The fraction of sp³-hybridized carbons (Fsp3) is 0.353. The summed E-state index contributed by atoms with van der Waals surface area (Å²) < 4.78 is 48.3. The van der Waals surface area contributed by atoms with Crippen molar-refractivity contribution >= 4 is 28.6 Å². The van der Waals surface area contributed by atoms with E-state index in [9.17, 15) is 18.0 Å². The average molecular weight is 665 g/mol. The molecule has 6 rings (SSSR count). The number of alkyl halides is 3. The number of aromatic nitrogens is 3. The van der Waals surface area contributed by atoms with Crippen molar-refractivity contribution in [2.24, 2.45) is 4.99 Å². The fourth-order valence-electron chi connectivity index (χ4n) is 6.09. The van der Waals surface area contributed by atoms with Crippen molar-refractivity contribution < 1.29 is 27.4 Å². The Morgan fingerprint density at radius 3 is 2.49 bits per heavy atom. The Morgan fingerprint density at radius 1 is 1.04 bits per heavy atom. The normalized spacial score (nSPS) is 19.0. The lowest BCUT2D eigenvalue weighted by Crippen LogP contribution is -2.36. The number of urea groups is 1. The molecule has 1 N–H and O–H groups in total. The molecular weight excluding hydrogens is 629 g/mol. The topological polar surface area (TPSA) is 93.9 Å². The molecule has 1 aliphatic carbocycles. The second-order valence-electron chi connectivity index (χ2n) is 11.7. The molecule has 13 heteroatoms. The van der Waals surface area contributed by atoms with Crippen LogP contribution in [0, 0.1) is 0 Å². The highest BCUT2D eigenvalue weighted by Gasteiger charge is 2.32. The molecule has 2 aliphatic rings. The number of carbonyl (C=O) groups excluding carboxylic acids is 1. The molecule has 0 bridgehead atoms. The number of ether oxygens (including phenoxy) is 2. The number of nitrogens with one attached hydrogen (secondary N) is 1. The number of rotatable bonds is 8. The maximum atomic E-state index is 13.2. The van der Waals surface area contributed by atoms with Crippen LogP contribution in [0.5, 0.6) is 11.5 Å². The van der Waals surface area contributed by atoms with Gasteiger partial charge in [-0.15, -0.1) is 18.3 Å². The summed E-state index contributed by atoms with van der Waals surface area (Å²) in [6.07, 6.45) is -0.424. The van der Waals surface area contributed by atoms with Crippen LogP contribution in [-0.4, -0.2) is 57.8 Å². The summed E-state index contributed by atoms with van der Waals surface area (Å²) in [7, 11) is 1.66. The van der Waals surface area contributed by atoms with Crippen LogP contribution in [0.1, 0.15) is 56.1 Å². The molecule has 9 nitrogen and oxygen atoms in total. The minimum absolute atomic E-state index is 0.0357. The first-order chi connectivity index (χ1) is 22.6. The van der Waals surface area contributed by atoms with E-state index in [1.54, 1.807) is 18.9 Å². The van der Waals surface area contributed by atoms with Crippen LogP contribution in [0.4, 0.5) is 23.7 Å². The Labute approximate surface area is 275 Å². The van der Waals surface area contributed by atoms with Crippen molar-refractivity contribution in [2.45, 2.75) is 57.3 Å². The number of amidine groups is 1. The largest absolute Gasteiger partial charge is 0.573 e. The molecular formula is C34H35F3N6O3S. The number of anilines is 1. The van der Waals surface area contributed by atoms with E-state index < -0.39 is 6.36 Å². The van der Waals surface area contributed by atoms with Gasteiger partial charge in [0.05, 0.1) is 12.8 Å². The zero-order chi connectivity index (χ0) is 33.1. The molecule has 1 saturated carbocycles. The van der Waals surface area contributed by atoms with E-state index in [1.807, 2.05) is 36.4 Å². The van der Waals surface area contributed by atoms with E-state index >= 15 is 0 Å². The van der Waals surface area contributed by atoms with Crippen molar-refractivity contribution in [1.82, 2.24) is 20.1 Å². The summed E-state index contributed by atoms with van der Waals surface area (Å²) >= 11 is 1.59. The molecule has 1 saturated heterocycles. The molecule has 4 aromatic rings. The van der Waals surface area contributed by atoms with Crippen molar-refractivity contribution in [3.63, 3.8) is 0 Å². The van der Waals surface area contributed by atoms with Crippen molar-refractivity contribution in [2.75, 3.05) is 24.3 Å². The third-order valence-electron chi connectivity index (χ3n) is 8.37. The Morgan fingerprint density at radius 2 is 1.79 bits per heavy atom. The molecule has 2 unspecified atom stereocenters. The SMILES string of the molecule is COc1ccc(N2CCSC2=NC(=O)NC2CCCC2c2ccc(-c3ncn(-c4ccc(OC(F)(F)F)cc4)n3)cc2)c(C(C)C)c1. The maximum Gasteiger partial charge on any atom is 0.573 e. The maximum absolute atomic E-state index is 13.2. The van der Waals surface area contributed by atoms with E-state index in [2.05, 4.69) is 49.9 Å². The second kappa shape index (κ2) is 13.7. The fourth-order valence-corrected chi connectivity index (χ4v) is 7.04. The second-order valence-corrected chi connectivity index (χ2v) is 12.8. The summed E-state index contributed by atoms with van der Waals surface area (Å²) in [5.41, 5.74) is 4.65. The van der Waals surface area contributed by atoms with Crippen LogP contribution in [0.25, 0.3) is 17.1 Å². The number of aliphatic imine (C=N–C) groups is 1. The third kappa shape index (κ3) is 7.56. The number of carbonyl (C=O) groups is 1. The van der Waals surface area contributed by atoms with Gasteiger partial charge in [0.1, 0.15) is 17.8 Å². The van der Waals surface area contributed by atoms with Crippen LogP contribution >= 0.6 is 11.8 Å². The van der Waals surface area contributed by atoms with Crippen LogP contribution in [0.3, 0.4) is 0 Å². The number of nitrogens with zero attached hydrogens (tertiary/aromatic N) is 5. The Kier molecular flexibility index (Phi) is 9.44. The Hall–Kier alpha value is -4.52. The molecule has 2 amide bonds. The summed E-state index contributed by atoms with van der Waals surface area (Å²) in [4.78, 5) is 24.3. The first kappa shape index (κ1) is 32.4. The van der Waals surface area contributed by atoms with E-state index in [1.165, 1.54) is 35.3 Å². The monoisotopic (exact) mass is 664 g/mol. The number of thioether (sulfide) groups is 1. The Bertz CT molecular complexity index is 1740. The van der Waals surface area contributed by atoms with Gasteiger partial charge in [-0.2, -0.15) is 4.99 Å². The van der Waals surface area contributed by atoms with Gasteiger partial charge in [0.25, 0.3) is 0 Å². The van der Waals surface area contributed by atoms with Gasteiger partial charge in [-0.3, -0.25) is 0 Å². The molecule has 246 valence electrons. The highest BCUT2D eigenvalue weighted by molar-refractivity contribution is 8.14. The van der Waals surface area contributed by atoms with Gasteiger partial charge in [0.15, 0.2) is 11.0 Å². The molecule has 2 fully saturated rings. The minimum Gasteiger partial charge on any atom is -0.497 e. The lowest BCUT2D eigenvalue weighted by molar-refractivity contribution is -0.274. The highest BCUT2D eigenvalue weighted by Crippen LogP contribution is 2.37. The quantitative estimate of drug-likeness (QED) is 0.205. The van der Waals surface area contributed by atoms with E-state index in [0.29, 0.717) is 16.7 Å². The van der Waals surface area contributed by atoms with Gasteiger partial charge in [0.2, 0.25) is 0 Å². The first-order valence-electron chi connectivity index (χ1n) is 15.4. The lowest BCUT2D eigenvalue weighted by Gasteiger charge is -2.24. The van der Waals surface area contributed by atoms with Crippen molar-refractivity contribution in [1.29, 1.82) is 0 Å². The molecule has 1 aromatic heterocycles. The average Bonchev–Trinajstić information content (AvgIpc) is 3.82. The van der Waals surface area contributed by atoms with Gasteiger partial charge in [-0.05, 0) is 72.4 Å².